The van der Waals surface area contributed by atoms with Crippen LogP contribution in [-0.2, 0) is 23.8 Å². The third-order valence-corrected chi connectivity index (χ3v) is 13.4. The van der Waals surface area contributed by atoms with Crippen LogP contribution in [0.25, 0.3) is 0 Å². The number of nitrogens with one attached hydrogen (secondary N) is 1. The molecule has 2 aliphatic rings. The van der Waals surface area contributed by atoms with E-state index in [1.807, 2.05) is 50.7 Å². The number of amides is 1. The molecule has 14 atom stereocenters. The number of allylic oxidation sites excluding steroid dienone is 12. The molecule has 0 saturated carbocycles. The van der Waals surface area contributed by atoms with Crippen LogP contribution in [0.1, 0.15) is 139 Å². The molecule has 0 spiro atoms. The van der Waals surface area contributed by atoms with Crippen molar-refractivity contribution in [3.63, 3.8) is 0 Å². The Bertz CT molecular complexity index is 1590. The average molecular weight is 944 g/mol. The summed E-state index contributed by atoms with van der Waals surface area (Å²) in [5.74, 6) is -2.97. The molecular formula is C54H93N3O10. The smallest absolute Gasteiger partial charge is 0.311 e. The van der Waals surface area contributed by atoms with Gasteiger partial charge in [0.1, 0.15) is 23.9 Å². The summed E-state index contributed by atoms with van der Waals surface area (Å²) in [7, 11) is 3.75. The first-order valence-corrected chi connectivity index (χ1v) is 25.3. The lowest BCUT2D eigenvalue weighted by atomic mass is 9.78. The van der Waals surface area contributed by atoms with E-state index in [0.29, 0.717) is 45.3 Å². The van der Waals surface area contributed by atoms with E-state index in [0.717, 1.165) is 38.5 Å². The Hall–Kier alpha value is -2.98. The topological polar surface area (TPSA) is 181 Å². The third kappa shape index (κ3) is 20.9. The van der Waals surface area contributed by atoms with Crippen molar-refractivity contribution in [1.29, 1.82) is 0 Å². The zero-order valence-electron chi connectivity index (χ0n) is 43.1. The molecular weight excluding hydrogens is 851 g/mol. The lowest BCUT2D eigenvalue weighted by molar-refractivity contribution is -0.299. The number of rotatable bonds is 22. The molecule has 0 bridgehead atoms. The highest BCUT2D eigenvalue weighted by atomic mass is 16.7. The summed E-state index contributed by atoms with van der Waals surface area (Å²) in [5, 5.41) is 62.2. The van der Waals surface area contributed by atoms with Crippen molar-refractivity contribution < 1.29 is 49.3 Å². The van der Waals surface area contributed by atoms with E-state index in [4.69, 9.17) is 14.2 Å². The normalized spacial score (nSPS) is 34.9. The summed E-state index contributed by atoms with van der Waals surface area (Å²) < 4.78 is 18.5. The van der Waals surface area contributed by atoms with Gasteiger partial charge in [-0.3, -0.25) is 14.5 Å². The third-order valence-electron chi connectivity index (χ3n) is 13.4. The maximum absolute atomic E-state index is 13.7. The van der Waals surface area contributed by atoms with Crippen molar-refractivity contribution in [2.75, 3.05) is 33.7 Å². The summed E-state index contributed by atoms with van der Waals surface area (Å²) in [6, 6.07) is -0.907. The molecule has 2 fully saturated rings. The maximum Gasteiger partial charge on any atom is 0.311 e. The van der Waals surface area contributed by atoms with E-state index < -0.39 is 71.9 Å². The van der Waals surface area contributed by atoms with E-state index in [-0.39, 0.29) is 36.8 Å². The average Bonchev–Trinajstić information content (AvgIpc) is 3.27. The molecule has 6 N–H and O–H groups in total. The van der Waals surface area contributed by atoms with Crippen LogP contribution in [0, 0.1) is 17.8 Å². The summed E-state index contributed by atoms with van der Waals surface area (Å²) in [6.45, 7) is 17.1. The fourth-order valence-corrected chi connectivity index (χ4v) is 9.35. The first-order valence-electron chi connectivity index (χ1n) is 25.3. The van der Waals surface area contributed by atoms with Crippen LogP contribution in [-0.4, -0.2) is 147 Å². The summed E-state index contributed by atoms with van der Waals surface area (Å²) in [4.78, 5) is 30.4. The van der Waals surface area contributed by atoms with Crippen molar-refractivity contribution in [3.8, 4) is 0 Å². The first kappa shape index (κ1) is 60.1. The van der Waals surface area contributed by atoms with Gasteiger partial charge in [0.05, 0.1) is 29.8 Å². The van der Waals surface area contributed by atoms with Gasteiger partial charge < -0.3 is 50.0 Å². The van der Waals surface area contributed by atoms with Crippen LogP contribution in [0.2, 0.25) is 0 Å². The SMILES string of the molecule is CC/C=C\C/C=C\C/C=C\C/C=C\C/C=C\C/C=C\CCC(=O)NCCCN1C[C@H](C)C[C@@](C)(O)[C@H](O[C@@H]2O[C@H](C)C[C@H](N(C)C)[C@H]2O)[C@@H](C)[C@H](O)[C@@H](C)C(=O)O[C@H](CC)[C@@](C)(O)[C@H](O)[C@H]1C. The lowest BCUT2D eigenvalue weighted by Crippen LogP contribution is -2.59. The highest BCUT2D eigenvalue weighted by molar-refractivity contribution is 5.76. The molecule has 0 aromatic heterocycles. The number of aliphatic hydroxyl groups excluding tert-OH is 3. The van der Waals surface area contributed by atoms with Gasteiger partial charge in [-0.1, -0.05) is 101 Å². The molecule has 0 aromatic rings. The van der Waals surface area contributed by atoms with Crippen molar-refractivity contribution in [1.82, 2.24) is 15.1 Å². The second kappa shape index (κ2) is 31.3. The number of aliphatic hydroxyl groups is 5. The quantitative estimate of drug-likeness (QED) is 0.0362. The molecule has 2 saturated heterocycles. The molecule has 2 rings (SSSR count). The molecule has 2 aliphatic heterocycles. The van der Waals surface area contributed by atoms with Crippen LogP contribution >= 0.6 is 0 Å². The second-order valence-electron chi connectivity index (χ2n) is 19.8. The van der Waals surface area contributed by atoms with Crippen LogP contribution in [0.4, 0.5) is 0 Å². The Morgan fingerprint density at radius 1 is 0.836 bits per heavy atom. The molecule has 1 amide bonds. The lowest BCUT2D eigenvalue weighted by Gasteiger charge is -2.46. The van der Waals surface area contributed by atoms with Crippen LogP contribution in [0.15, 0.2) is 72.9 Å². The number of carbonyl (C=O) groups is 2. The predicted octanol–water partition coefficient (Wildman–Crippen LogP) is 7.33. The fraction of sp³-hybridized carbons (Fsp3) is 0.741. The van der Waals surface area contributed by atoms with E-state index >= 15 is 0 Å². The summed E-state index contributed by atoms with van der Waals surface area (Å²) in [6.07, 6.45) is 26.7. The van der Waals surface area contributed by atoms with Gasteiger partial charge in [0, 0.05) is 44.1 Å². The number of likely N-dealkylation sites (N-methyl/N-ethyl adjacent to an activating group) is 1. The van der Waals surface area contributed by atoms with Gasteiger partial charge in [-0.2, -0.15) is 0 Å². The maximum atomic E-state index is 13.7. The number of nitrogens with zero attached hydrogens (tertiary/aromatic N) is 2. The molecule has 384 valence electrons. The molecule has 0 radical (unpaired) electrons. The van der Waals surface area contributed by atoms with Gasteiger partial charge in [0.15, 0.2) is 6.29 Å². The molecule has 13 heteroatoms. The number of cyclic esters (lactones) is 1. The monoisotopic (exact) mass is 944 g/mol. The van der Waals surface area contributed by atoms with Crippen molar-refractivity contribution in [2.24, 2.45) is 17.8 Å². The number of hydrogen-bond donors (Lipinski definition) is 6. The van der Waals surface area contributed by atoms with Gasteiger partial charge >= 0.3 is 5.97 Å². The second-order valence-corrected chi connectivity index (χ2v) is 19.8. The van der Waals surface area contributed by atoms with Gasteiger partial charge in [-0.25, -0.2) is 0 Å². The number of hydrogen-bond acceptors (Lipinski definition) is 12. The van der Waals surface area contributed by atoms with Crippen LogP contribution < -0.4 is 5.32 Å². The fourth-order valence-electron chi connectivity index (χ4n) is 9.35. The molecule has 2 heterocycles. The predicted molar refractivity (Wildman–Crippen MR) is 269 cm³/mol. The standard InChI is InChI=1S/C54H93N3O10/c1-12-14-15-16-17-18-19-20-21-22-23-24-25-26-27-28-29-30-31-33-46(58)55-34-32-35-57-38-39(3)37-53(8,63)50(67-52-48(60)44(56(10)11)36-40(4)65-52)41(5)47(59)42(6)51(62)66-45(13-2)54(9,64)49(61)43(57)7/h14-15,17-18,20-21,23-24,26-27,29-30,39-45,47-50,52,59-61,63-64H,12-13,16,19,22,25,28,31-38H2,1-11H3,(H,55,58)/b15-14-,18-17-,21-20-,24-23-,27-26-,30-29-/t39-,40-,41+,42-,43-,44+,45-,47+,48-,49-,50-,52+,53-,54-/m1/s1. The van der Waals surface area contributed by atoms with Gasteiger partial charge in [0.2, 0.25) is 5.91 Å². The van der Waals surface area contributed by atoms with Crippen molar-refractivity contribution in [2.45, 2.75) is 206 Å². The molecule has 0 unspecified atom stereocenters. The summed E-state index contributed by atoms with van der Waals surface area (Å²) in [5.41, 5.74) is -3.45. The van der Waals surface area contributed by atoms with Gasteiger partial charge in [-0.15, -0.1) is 0 Å². The van der Waals surface area contributed by atoms with Gasteiger partial charge in [0.25, 0.3) is 0 Å². The summed E-state index contributed by atoms with van der Waals surface area (Å²) >= 11 is 0. The highest BCUT2D eigenvalue weighted by Gasteiger charge is 2.50. The zero-order valence-corrected chi connectivity index (χ0v) is 43.1. The van der Waals surface area contributed by atoms with E-state index in [1.165, 1.54) is 13.8 Å². The molecule has 0 aromatic carbocycles. The minimum absolute atomic E-state index is 0.0560. The van der Waals surface area contributed by atoms with E-state index in [1.54, 1.807) is 20.8 Å². The van der Waals surface area contributed by atoms with Crippen LogP contribution in [0.5, 0.6) is 0 Å². The first-order chi connectivity index (χ1) is 31.7. The Morgan fingerprint density at radius 2 is 1.37 bits per heavy atom. The zero-order chi connectivity index (χ0) is 50.2. The Labute approximate surface area is 405 Å². The minimum atomic E-state index is -1.86. The van der Waals surface area contributed by atoms with E-state index in [2.05, 4.69) is 79.1 Å². The number of esters is 1. The Balaban J connectivity index is 2.07. The van der Waals surface area contributed by atoms with E-state index in [9.17, 15) is 35.1 Å². The highest BCUT2D eigenvalue weighted by Crippen LogP contribution is 2.37. The molecule has 13 nitrogen and oxygen atoms in total. The Kier molecular flexibility index (Phi) is 28.1. The van der Waals surface area contributed by atoms with Crippen LogP contribution in [0.3, 0.4) is 0 Å². The minimum Gasteiger partial charge on any atom is -0.459 e. The molecule has 0 aliphatic carbocycles. The van der Waals surface area contributed by atoms with Crippen molar-refractivity contribution >= 4 is 11.9 Å². The largest absolute Gasteiger partial charge is 0.459 e. The Morgan fingerprint density at radius 3 is 1.90 bits per heavy atom. The molecule has 67 heavy (non-hydrogen) atoms. The van der Waals surface area contributed by atoms with Gasteiger partial charge in [-0.05, 0) is 125 Å². The number of ether oxygens (including phenoxy) is 3. The number of carbonyl (C=O) groups excluding carboxylic acids is 2. The van der Waals surface area contributed by atoms with Crippen molar-refractivity contribution in [3.05, 3.63) is 72.9 Å².